The van der Waals surface area contributed by atoms with E-state index in [1.807, 2.05) is 0 Å². The maximum atomic E-state index is 14.0. The minimum absolute atomic E-state index is 0.0367. The molecule has 0 aliphatic carbocycles. The number of rotatable bonds is 5. The topological polar surface area (TPSA) is 136 Å². The summed E-state index contributed by atoms with van der Waals surface area (Å²) in [6.07, 6.45) is 0. The molecule has 4 rings (SSSR count). The third kappa shape index (κ3) is 4.21. The van der Waals surface area contributed by atoms with Crippen LogP contribution in [0.25, 0.3) is 11.1 Å². The molecule has 1 amide bonds. The van der Waals surface area contributed by atoms with Gasteiger partial charge in [0.2, 0.25) is 15.9 Å². The van der Waals surface area contributed by atoms with Crippen LogP contribution in [0.15, 0.2) is 50.5 Å². The van der Waals surface area contributed by atoms with Crippen molar-refractivity contribution in [1.82, 2.24) is 13.8 Å². The molecule has 0 unspecified atom stereocenters. The Morgan fingerprint density at radius 2 is 1.79 bits per heavy atom. The van der Waals surface area contributed by atoms with E-state index in [4.69, 9.17) is 4.42 Å². The molecule has 174 valence electrons. The SMILES string of the molecule is O=C(Cn1c(=O)oc2cc([N+](=O)[O-])ccc21)N1CCN(S(=O)(=O)c2cc(F)ccc2F)CC1. The minimum Gasteiger partial charge on any atom is -0.407 e. The molecule has 11 nitrogen and oxygen atoms in total. The number of nitro benzene ring substituents is 1. The highest BCUT2D eigenvalue weighted by Crippen LogP contribution is 2.23. The fraction of sp³-hybridized carbons (Fsp3) is 0.263. The van der Waals surface area contributed by atoms with Gasteiger partial charge in [0, 0.05) is 32.2 Å². The Labute approximate surface area is 184 Å². The van der Waals surface area contributed by atoms with Gasteiger partial charge >= 0.3 is 5.76 Å². The van der Waals surface area contributed by atoms with Crippen molar-refractivity contribution >= 4 is 32.7 Å². The van der Waals surface area contributed by atoms with E-state index in [1.54, 1.807) is 0 Å². The van der Waals surface area contributed by atoms with Crippen molar-refractivity contribution < 1.29 is 31.3 Å². The Morgan fingerprint density at radius 3 is 2.45 bits per heavy atom. The lowest BCUT2D eigenvalue weighted by molar-refractivity contribution is -0.384. The van der Waals surface area contributed by atoms with E-state index in [2.05, 4.69) is 0 Å². The first kappa shape index (κ1) is 22.5. The number of halogens is 2. The Kier molecular flexibility index (Phi) is 5.71. The fourth-order valence-electron chi connectivity index (χ4n) is 3.55. The zero-order valence-corrected chi connectivity index (χ0v) is 17.6. The Morgan fingerprint density at radius 1 is 1.09 bits per heavy atom. The van der Waals surface area contributed by atoms with Crippen LogP contribution in [0, 0.1) is 21.7 Å². The number of hydrogen-bond acceptors (Lipinski definition) is 7. The maximum Gasteiger partial charge on any atom is 0.420 e. The van der Waals surface area contributed by atoms with Gasteiger partial charge in [0.05, 0.1) is 16.5 Å². The molecule has 14 heteroatoms. The van der Waals surface area contributed by atoms with E-state index in [-0.39, 0.29) is 43.0 Å². The molecule has 2 aromatic carbocycles. The van der Waals surface area contributed by atoms with Crippen molar-refractivity contribution in [2.75, 3.05) is 26.2 Å². The summed E-state index contributed by atoms with van der Waals surface area (Å²) in [7, 11) is -4.31. The van der Waals surface area contributed by atoms with Crippen LogP contribution in [0.5, 0.6) is 0 Å². The Balaban J connectivity index is 1.47. The van der Waals surface area contributed by atoms with Gasteiger partial charge in [-0.3, -0.25) is 19.5 Å². The van der Waals surface area contributed by atoms with Crippen molar-refractivity contribution in [2.24, 2.45) is 0 Å². The summed E-state index contributed by atoms with van der Waals surface area (Å²) in [6.45, 7) is -0.806. The first-order valence-electron chi connectivity index (χ1n) is 9.58. The van der Waals surface area contributed by atoms with Crippen molar-refractivity contribution in [1.29, 1.82) is 0 Å². The van der Waals surface area contributed by atoms with Crippen LogP contribution < -0.4 is 5.76 Å². The summed E-state index contributed by atoms with van der Waals surface area (Å²) in [6, 6.07) is 5.68. The number of aromatic nitrogens is 1. The van der Waals surface area contributed by atoms with Gasteiger partial charge in [0.25, 0.3) is 5.69 Å². The molecule has 1 aliphatic rings. The normalized spacial score (nSPS) is 15.2. The van der Waals surface area contributed by atoms with E-state index in [0.717, 1.165) is 27.1 Å². The van der Waals surface area contributed by atoms with Gasteiger partial charge < -0.3 is 9.32 Å². The second-order valence-corrected chi connectivity index (χ2v) is 9.13. The number of benzene rings is 2. The molecule has 1 aromatic heterocycles. The molecule has 0 bridgehead atoms. The molecule has 1 aliphatic heterocycles. The van der Waals surface area contributed by atoms with Crippen LogP contribution in [0.1, 0.15) is 0 Å². The molecule has 0 saturated carbocycles. The molecule has 33 heavy (non-hydrogen) atoms. The van der Waals surface area contributed by atoms with E-state index >= 15 is 0 Å². The Bertz CT molecular complexity index is 1430. The molecule has 0 radical (unpaired) electrons. The van der Waals surface area contributed by atoms with Gasteiger partial charge in [0.1, 0.15) is 23.1 Å². The number of sulfonamides is 1. The van der Waals surface area contributed by atoms with E-state index < -0.39 is 49.7 Å². The van der Waals surface area contributed by atoms with Crippen molar-refractivity contribution in [2.45, 2.75) is 11.4 Å². The maximum absolute atomic E-state index is 14.0. The molecule has 3 aromatic rings. The van der Waals surface area contributed by atoms with Crippen LogP contribution in [-0.4, -0.2) is 59.2 Å². The minimum atomic E-state index is -4.31. The lowest BCUT2D eigenvalue weighted by Gasteiger charge is -2.34. The van der Waals surface area contributed by atoms with Crippen LogP contribution >= 0.6 is 0 Å². The summed E-state index contributed by atoms with van der Waals surface area (Å²) in [5.41, 5.74) is -0.126. The predicted molar refractivity (Wildman–Crippen MR) is 109 cm³/mol. The first-order chi connectivity index (χ1) is 15.6. The highest BCUT2D eigenvalue weighted by atomic mass is 32.2. The fourth-order valence-corrected chi connectivity index (χ4v) is 5.04. The molecule has 0 spiro atoms. The standard InChI is InChI=1S/C19H16F2N4O7S/c20-12-1-3-14(21)17(9-12)33(30,31)23-7-5-22(6-8-23)18(26)11-24-15-4-2-13(25(28)29)10-16(15)32-19(24)27/h1-4,9-10H,5-8,11H2. The third-order valence-corrected chi connectivity index (χ3v) is 7.17. The molecular weight excluding hydrogens is 466 g/mol. The van der Waals surface area contributed by atoms with E-state index in [1.165, 1.54) is 17.0 Å². The summed E-state index contributed by atoms with van der Waals surface area (Å²) in [5, 5.41) is 10.9. The van der Waals surface area contributed by atoms with Crippen molar-refractivity contribution in [3.8, 4) is 0 Å². The number of fused-ring (bicyclic) bond motifs is 1. The molecule has 2 heterocycles. The van der Waals surface area contributed by atoms with Gasteiger partial charge in [-0.25, -0.2) is 22.0 Å². The van der Waals surface area contributed by atoms with Crippen LogP contribution in [0.3, 0.4) is 0 Å². The van der Waals surface area contributed by atoms with Crippen LogP contribution in [0.2, 0.25) is 0 Å². The highest BCUT2D eigenvalue weighted by molar-refractivity contribution is 7.89. The average molecular weight is 482 g/mol. The summed E-state index contributed by atoms with van der Waals surface area (Å²) in [4.78, 5) is 35.6. The average Bonchev–Trinajstić information content (AvgIpc) is 3.09. The van der Waals surface area contributed by atoms with E-state index in [0.29, 0.717) is 6.07 Å². The summed E-state index contributed by atoms with van der Waals surface area (Å²) < 4.78 is 59.7. The number of non-ortho nitro benzene ring substituents is 1. The number of amides is 1. The van der Waals surface area contributed by atoms with Crippen molar-refractivity contribution in [3.05, 3.63) is 68.7 Å². The highest BCUT2D eigenvalue weighted by Gasteiger charge is 2.32. The lowest BCUT2D eigenvalue weighted by atomic mass is 10.3. The molecule has 0 N–H and O–H groups in total. The number of nitrogens with zero attached hydrogens (tertiary/aromatic N) is 4. The number of nitro groups is 1. The molecule has 0 atom stereocenters. The molecule has 1 saturated heterocycles. The van der Waals surface area contributed by atoms with Gasteiger partial charge in [-0.05, 0) is 24.3 Å². The first-order valence-corrected chi connectivity index (χ1v) is 11.0. The second-order valence-electron chi connectivity index (χ2n) is 7.22. The van der Waals surface area contributed by atoms with Crippen LogP contribution in [-0.2, 0) is 21.4 Å². The monoisotopic (exact) mass is 482 g/mol. The van der Waals surface area contributed by atoms with Gasteiger partial charge in [-0.2, -0.15) is 4.31 Å². The Hall–Kier alpha value is -3.65. The van der Waals surface area contributed by atoms with Gasteiger partial charge in [0.15, 0.2) is 5.58 Å². The van der Waals surface area contributed by atoms with Gasteiger partial charge in [-0.1, -0.05) is 0 Å². The number of oxazole rings is 1. The summed E-state index contributed by atoms with van der Waals surface area (Å²) >= 11 is 0. The number of piperazine rings is 1. The van der Waals surface area contributed by atoms with Crippen LogP contribution in [0.4, 0.5) is 14.5 Å². The number of carbonyl (C=O) groups excluding carboxylic acids is 1. The summed E-state index contributed by atoms with van der Waals surface area (Å²) in [5.74, 6) is -3.36. The lowest BCUT2D eigenvalue weighted by Crippen LogP contribution is -2.51. The predicted octanol–water partition coefficient (Wildman–Crippen LogP) is 1.31. The number of hydrogen-bond donors (Lipinski definition) is 0. The largest absolute Gasteiger partial charge is 0.420 e. The van der Waals surface area contributed by atoms with Gasteiger partial charge in [-0.15, -0.1) is 0 Å². The smallest absolute Gasteiger partial charge is 0.407 e. The molecular formula is C19H16F2N4O7S. The quantitative estimate of drug-likeness (QED) is 0.395. The van der Waals surface area contributed by atoms with E-state index in [9.17, 15) is 36.9 Å². The second kappa shape index (κ2) is 8.37. The molecule has 1 fully saturated rings. The number of carbonyl (C=O) groups is 1. The van der Waals surface area contributed by atoms with Crippen molar-refractivity contribution in [3.63, 3.8) is 0 Å². The zero-order valence-electron chi connectivity index (χ0n) is 16.8. The third-order valence-electron chi connectivity index (χ3n) is 5.26. The zero-order chi connectivity index (χ0) is 23.9.